The molecule has 6 heteroatoms. The molecule has 2 aromatic rings. The highest BCUT2D eigenvalue weighted by Crippen LogP contribution is 2.35. The molecule has 0 N–H and O–H groups in total. The lowest BCUT2D eigenvalue weighted by molar-refractivity contribution is -0.132. The monoisotopic (exact) mass is 381 g/mol. The van der Waals surface area contributed by atoms with Gasteiger partial charge in [-0.3, -0.25) is 14.2 Å². The summed E-state index contributed by atoms with van der Waals surface area (Å²) in [6, 6.07) is 9.62. The third-order valence-corrected chi connectivity index (χ3v) is 5.88. The summed E-state index contributed by atoms with van der Waals surface area (Å²) in [7, 11) is 0. The average molecular weight is 381 g/mol. The first-order valence-electron chi connectivity index (χ1n) is 10.2. The minimum Gasteiger partial charge on any atom is -0.494 e. The first kappa shape index (κ1) is 18.7. The van der Waals surface area contributed by atoms with Crippen molar-refractivity contribution in [3.63, 3.8) is 0 Å². The molecule has 1 amide bonds. The van der Waals surface area contributed by atoms with E-state index in [9.17, 15) is 9.59 Å². The zero-order valence-corrected chi connectivity index (χ0v) is 16.3. The van der Waals surface area contributed by atoms with E-state index in [-0.39, 0.29) is 24.1 Å². The maximum absolute atomic E-state index is 12.9. The fraction of sp³-hybridized carbons (Fsp3) is 0.500. The second-order valence-corrected chi connectivity index (χ2v) is 7.65. The Bertz CT molecular complexity index is 887. The number of nitrogens with zero attached hydrogens (tertiary/aromatic N) is 3. The summed E-state index contributed by atoms with van der Waals surface area (Å²) < 4.78 is 6.93. The zero-order valence-electron chi connectivity index (χ0n) is 16.3. The van der Waals surface area contributed by atoms with Crippen LogP contribution in [-0.4, -0.2) is 33.5 Å². The highest BCUT2D eigenvalue weighted by atomic mass is 16.5. The smallest absolute Gasteiger partial charge is 0.254 e. The average Bonchev–Trinajstić information content (AvgIpc) is 3.13. The predicted molar refractivity (Wildman–Crippen MR) is 106 cm³/mol. The summed E-state index contributed by atoms with van der Waals surface area (Å²) in [5.41, 5.74) is 1.84. The fourth-order valence-electron chi connectivity index (χ4n) is 4.09. The highest BCUT2D eigenvalue weighted by molar-refractivity contribution is 5.77. The van der Waals surface area contributed by atoms with Crippen LogP contribution in [0, 0.1) is 0 Å². The van der Waals surface area contributed by atoms with Crippen LogP contribution in [0.4, 0.5) is 0 Å². The van der Waals surface area contributed by atoms with Gasteiger partial charge in [-0.05, 0) is 50.3 Å². The Morgan fingerprint density at radius 3 is 2.61 bits per heavy atom. The van der Waals surface area contributed by atoms with Crippen LogP contribution in [0.3, 0.4) is 0 Å². The van der Waals surface area contributed by atoms with E-state index >= 15 is 0 Å². The van der Waals surface area contributed by atoms with E-state index in [2.05, 4.69) is 4.98 Å². The first-order valence-corrected chi connectivity index (χ1v) is 10.2. The molecule has 0 radical (unpaired) electrons. The number of aromatic nitrogens is 2. The number of hydrogen-bond acceptors (Lipinski definition) is 4. The predicted octanol–water partition coefficient (Wildman–Crippen LogP) is 3.27. The van der Waals surface area contributed by atoms with Gasteiger partial charge in [0.15, 0.2) is 0 Å². The van der Waals surface area contributed by atoms with Crippen LogP contribution in [0.5, 0.6) is 5.75 Å². The van der Waals surface area contributed by atoms with Gasteiger partial charge in [-0.15, -0.1) is 0 Å². The van der Waals surface area contributed by atoms with Crippen molar-refractivity contribution < 1.29 is 9.53 Å². The third-order valence-electron chi connectivity index (χ3n) is 5.88. The Hall–Kier alpha value is -2.63. The van der Waals surface area contributed by atoms with Crippen LogP contribution in [0.2, 0.25) is 0 Å². The molecule has 1 atom stereocenters. The van der Waals surface area contributed by atoms with Gasteiger partial charge in [0, 0.05) is 18.5 Å². The van der Waals surface area contributed by atoms with Crippen molar-refractivity contribution in [2.24, 2.45) is 0 Å². The molecule has 0 bridgehead atoms. The van der Waals surface area contributed by atoms with E-state index < -0.39 is 0 Å². The highest BCUT2D eigenvalue weighted by Gasteiger charge is 2.30. The van der Waals surface area contributed by atoms with Crippen LogP contribution in [0.15, 0.2) is 41.5 Å². The maximum atomic E-state index is 12.9. The minimum absolute atomic E-state index is 0.0309. The molecular formula is C22H27N3O3. The Labute approximate surface area is 165 Å². The number of carbonyl (C=O) groups is 1. The summed E-state index contributed by atoms with van der Waals surface area (Å²) in [4.78, 5) is 31.7. The molecule has 6 nitrogen and oxygen atoms in total. The second kappa shape index (κ2) is 8.17. The molecule has 1 aromatic carbocycles. The largest absolute Gasteiger partial charge is 0.494 e. The lowest BCUT2D eigenvalue weighted by Gasteiger charge is -2.26. The number of hydrogen-bond donors (Lipinski definition) is 0. The third kappa shape index (κ3) is 3.81. The molecule has 2 fully saturated rings. The van der Waals surface area contributed by atoms with Gasteiger partial charge in [-0.2, -0.15) is 0 Å². The standard InChI is InChI=1S/C22H27N3O3/c1-2-28-18-10-8-17(9-11-18)20-7-4-12-25(20)22(27)14-24-15-23-19(13-21(24)26)16-5-3-6-16/h8-11,13,15-16,20H,2-7,12,14H2,1H3. The normalized spacial score (nSPS) is 19.5. The fourth-order valence-corrected chi connectivity index (χ4v) is 4.09. The number of carbonyl (C=O) groups excluding carboxylic acids is 1. The van der Waals surface area contributed by atoms with Crippen LogP contribution in [-0.2, 0) is 11.3 Å². The second-order valence-electron chi connectivity index (χ2n) is 7.65. The van der Waals surface area contributed by atoms with Gasteiger partial charge in [-0.1, -0.05) is 18.6 Å². The van der Waals surface area contributed by atoms with Crippen molar-refractivity contribution in [2.75, 3.05) is 13.2 Å². The van der Waals surface area contributed by atoms with Gasteiger partial charge in [-0.25, -0.2) is 4.98 Å². The molecule has 148 valence electrons. The first-order chi connectivity index (χ1) is 13.7. The number of likely N-dealkylation sites (tertiary alicyclic amines) is 1. The number of rotatable bonds is 6. The molecule has 4 rings (SSSR count). The molecule has 1 aliphatic heterocycles. The van der Waals surface area contributed by atoms with Crippen molar-refractivity contribution in [1.29, 1.82) is 0 Å². The number of amides is 1. The molecule has 2 aliphatic rings. The van der Waals surface area contributed by atoms with Crippen LogP contribution < -0.4 is 10.3 Å². The maximum Gasteiger partial charge on any atom is 0.254 e. The van der Waals surface area contributed by atoms with E-state index in [0.29, 0.717) is 12.5 Å². The molecule has 28 heavy (non-hydrogen) atoms. The van der Waals surface area contributed by atoms with Crippen molar-refractivity contribution in [3.8, 4) is 5.75 Å². The van der Waals surface area contributed by atoms with E-state index in [0.717, 1.165) is 49.2 Å². The molecular weight excluding hydrogens is 354 g/mol. The van der Waals surface area contributed by atoms with Crippen molar-refractivity contribution in [3.05, 3.63) is 58.3 Å². The Balaban J connectivity index is 1.45. The Morgan fingerprint density at radius 2 is 1.96 bits per heavy atom. The molecule has 1 aliphatic carbocycles. The van der Waals surface area contributed by atoms with Gasteiger partial charge in [0.2, 0.25) is 5.91 Å². The van der Waals surface area contributed by atoms with E-state index in [1.54, 1.807) is 6.07 Å². The molecule has 1 saturated heterocycles. The van der Waals surface area contributed by atoms with E-state index in [1.165, 1.54) is 17.3 Å². The van der Waals surface area contributed by atoms with E-state index in [1.807, 2.05) is 36.1 Å². The molecule has 1 aromatic heterocycles. The lowest BCUT2D eigenvalue weighted by Crippen LogP contribution is -2.36. The summed E-state index contributed by atoms with van der Waals surface area (Å²) in [5, 5.41) is 0. The quantitative estimate of drug-likeness (QED) is 0.770. The van der Waals surface area contributed by atoms with Crippen molar-refractivity contribution >= 4 is 5.91 Å². The van der Waals surface area contributed by atoms with Gasteiger partial charge < -0.3 is 9.64 Å². The van der Waals surface area contributed by atoms with Crippen LogP contribution in [0.1, 0.15) is 62.2 Å². The SMILES string of the molecule is CCOc1ccc(C2CCCN2C(=O)Cn2cnc(C3CCC3)cc2=O)cc1. The molecule has 2 heterocycles. The van der Waals surface area contributed by atoms with Gasteiger partial charge in [0.05, 0.1) is 24.7 Å². The Morgan fingerprint density at radius 1 is 1.18 bits per heavy atom. The summed E-state index contributed by atoms with van der Waals surface area (Å²) in [5.74, 6) is 1.23. The van der Waals surface area contributed by atoms with E-state index in [4.69, 9.17) is 4.74 Å². The summed E-state index contributed by atoms with van der Waals surface area (Å²) in [6.45, 7) is 3.36. The van der Waals surface area contributed by atoms with Crippen LogP contribution in [0.25, 0.3) is 0 Å². The van der Waals surface area contributed by atoms with Gasteiger partial charge >= 0.3 is 0 Å². The topological polar surface area (TPSA) is 64.4 Å². The number of benzene rings is 1. The lowest BCUT2D eigenvalue weighted by atomic mass is 9.83. The van der Waals surface area contributed by atoms with Crippen molar-refractivity contribution in [2.45, 2.75) is 57.5 Å². The molecule has 1 unspecified atom stereocenters. The van der Waals surface area contributed by atoms with Gasteiger partial charge in [0.25, 0.3) is 5.56 Å². The summed E-state index contributed by atoms with van der Waals surface area (Å²) >= 11 is 0. The van der Waals surface area contributed by atoms with Crippen molar-refractivity contribution in [1.82, 2.24) is 14.5 Å². The zero-order chi connectivity index (χ0) is 19.5. The number of ether oxygens (including phenoxy) is 1. The molecule has 1 saturated carbocycles. The molecule has 0 spiro atoms. The van der Waals surface area contributed by atoms with Crippen LogP contribution >= 0.6 is 0 Å². The van der Waals surface area contributed by atoms with Gasteiger partial charge in [0.1, 0.15) is 12.3 Å². The Kier molecular flexibility index (Phi) is 5.46. The minimum atomic E-state index is -0.137. The summed E-state index contributed by atoms with van der Waals surface area (Å²) in [6.07, 6.45) is 6.86.